The third kappa shape index (κ3) is 5.02. The highest BCUT2D eigenvalue weighted by Gasteiger charge is 2.18. The number of urea groups is 1. The highest BCUT2D eigenvalue weighted by molar-refractivity contribution is 5.75. The number of hydrogen-bond acceptors (Lipinski definition) is 3. The molecule has 0 aliphatic carbocycles. The van der Waals surface area contributed by atoms with E-state index >= 15 is 0 Å². The van der Waals surface area contributed by atoms with Gasteiger partial charge in [-0.3, -0.25) is 0 Å². The monoisotopic (exact) mass is 354 g/mol. The van der Waals surface area contributed by atoms with Crippen molar-refractivity contribution in [2.75, 3.05) is 20.8 Å². The summed E-state index contributed by atoms with van der Waals surface area (Å²) < 4.78 is 10.7. The molecule has 1 atom stereocenters. The number of carbonyl (C=O) groups is 1. The molecule has 0 fully saturated rings. The van der Waals surface area contributed by atoms with Crippen molar-refractivity contribution in [2.45, 2.75) is 19.5 Å². The third-order valence-corrected chi connectivity index (χ3v) is 4.10. The summed E-state index contributed by atoms with van der Waals surface area (Å²) in [5, 5.41) is 3.03. The SMILES string of the molecule is C=CCN(Cc1ccccc1)C(=O)NC(C)c1ccc(OC)cc1OC. The lowest BCUT2D eigenvalue weighted by Crippen LogP contribution is -2.40. The topological polar surface area (TPSA) is 50.8 Å². The van der Waals surface area contributed by atoms with Crippen LogP contribution in [0.1, 0.15) is 24.1 Å². The van der Waals surface area contributed by atoms with Crippen LogP contribution in [-0.2, 0) is 6.54 Å². The lowest BCUT2D eigenvalue weighted by atomic mass is 10.1. The van der Waals surface area contributed by atoms with E-state index < -0.39 is 0 Å². The van der Waals surface area contributed by atoms with Crippen molar-refractivity contribution in [3.8, 4) is 11.5 Å². The zero-order valence-electron chi connectivity index (χ0n) is 15.6. The Balaban J connectivity index is 2.11. The molecule has 138 valence electrons. The van der Waals surface area contributed by atoms with Crippen LogP contribution in [0.3, 0.4) is 0 Å². The first kappa shape index (κ1) is 19.4. The maximum atomic E-state index is 12.7. The predicted octanol–water partition coefficient (Wildman–Crippen LogP) is 4.16. The zero-order valence-corrected chi connectivity index (χ0v) is 15.6. The van der Waals surface area contributed by atoms with Gasteiger partial charge in [0.2, 0.25) is 0 Å². The summed E-state index contributed by atoms with van der Waals surface area (Å²) >= 11 is 0. The molecule has 0 heterocycles. The molecule has 0 radical (unpaired) electrons. The Hall–Kier alpha value is -2.95. The van der Waals surface area contributed by atoms with Crippen LogP contribution in [0.25, 0.3) is 0 Å². The minimum Gasteiger partial charge on any atom is -0.497 e. The fourth-order valence-electron chi connectivity index (χ4n) is 2.71. The van der Waals surface area contributed by atoms with Crippen molar-refractivity contribution in [3.05, 3.63) is 72.3 Å². The van der Waals surface area contributed by atoms with Gasteiger partial charge in [0.25, 0.3) is 0 Å². The summed E-state index contributed by atoms with van der Waals surface area (Å²) in [6, 6.07) is 15.1. The Morgan fingerprint density at radius 3 is 2.54 bits per heavy atom. The van der Waals surface area contributed by atoms with Crippen LogP contribution in [0.15, 0.2) is 61.2 Å². The molecular formula is C21H26N2O3. The first-order valence-electron chi connectivity index (χ1n) is 8.51. The molecule has 26 heavy (non-hydrogen) atoms. The summed E-state index contributed by atoms with van der Waals surface area (Å²) in [6.45, 7) is 6.66. The number of hydrogen-bond donors (Lipinski definition) is 1. The van der Waals surface area contributed by atoms with E-state index in [9.17, 15) is 4.79 Å². The van der Waals surface area contributed by atoms with Crippen molar-refractivity contribution in [3.63, 3.8) is 0 Å². The molecule has 1 N–H and O–H groups in total. The van der Waals surface area contributed by atoms with Crippen molar-refractivity contribution < 1.29 is 14.3 Å². The van der Waals surface area contributed by atoms with Gasteiger partial charge in [-0.15, -0.1) is 6.58 Å². The summed E-state index contributed by atoms with van der Waals surface area (Å²) in [6.07, 6.45) is 1.72. The van der Waals surface area contributed by atoms with Gasteiger partial charge in [0.1, 0.15) is 11.5 Å². The molecule has 1 unspecified atom stereocenters. The third-order valence-electron chi connectivity index (χ3n) is 4.10. The van der Waals surface area contributed by atoms with E-state index in [1.807, 2.05) is 55.5 Å². The Morgan fingerprint density at radius 1 is 1.19 bits per heavy atom. The Kier molecular flexibility index (Phi) is 7.09. The summed E-state index contributed by atoms with van der Waals surface area (Å²) in [5.41, 5.74) is 1.96. The number of ether oxygens (including phenoxy) is 2. The Labute approximate surface area is 155 Å². The second-order valence-corrected chi connectivity index (χ2v) is 5.93. The van der Waals surface area contributed by atoms with Crippen molar-refractivity contribution in [1.29, 1.82) is 0 Å². The molecular weight excluding hydrogens is 328 g/mol. The van der Waals surface area contributed by atoms with E-state index in [0.29, 0.717) is 24.6 Å². The smallest absolute Gasteiger partial charge is 0.318 e. The lowest BCUT2D eigenvalue weighted by molar-refractivity contribution is 0.197. The maximum Gasteiger partial charge on any atom is 0.318 e. The fraction of sp³-hybridized carbons (Fsp3) is 0.286. The van der Waals surface area contributed by atoms with Crippen LogP contribution in [-0.4, -0.2) is 31.7 Å². The molecule has 5 nitrogen and oxygen atoms in total. The fourth-order valence-corrected chi connectivity index (χ4v) is 2.71. The number of carbonyl (C=O) groups excluding carboxylic acids is 1. The van der Waals surface area contributed by atoms with Crippen molar-refractivity contribution in [1.82, 2.24) is 10.2 Å². The molecule has 0 aromatic heterocycles. The van der Waals surface area contributed by atoms with Gasteiger partial charge in [0, 0.05) is 24.7 Å². The van der Waals surface area contributed by atoms with E-state index in [4.69, 9.17) is 9.47 Å². The second kappa shape index (κ2) is 9.51. The lowest BCUT2D eigenvalue weighted by Gasteiger charge is -2.25. The van der Waals surface area contributed by atoms with Gasteiger partial charge in [0.05, 0.1) is 20.3 Å². The Morgan fingerprint density at radius 2 is 1.92 bits per heavy atom. The van der Waals surface area contributed by atoms with Gasteiger partial charge < -0.3 is 19.7 Å². The maximum absolute atomic E-state index is 12.7. The molecule has 0 saturated heterocycles. The van der Waals surface area contributed by atoms with Crippen LogP contribution >= 0.6 is 0 Å². The van der Waals surface area contributed by atoms with Gasteiger partial charge in [-0.25, -0.2) is 4.79 Å². The first-order chi connectivity index (χ1) is 12.6. The molecule has 5 heteroatoms. The number of methoxy groups -OCH3 is 2. The van der Waals surface area contributed by atoms with E-state index in [1.54, 1.807) is 25.2 Å². The quantitative estimate of drug-likeness (QED) is 0.724. The standard InChI is InChI=1S/C21H26N2O3/c1-5-13-23(15-17-9-7-6-8-10-17)21(24)22-16(2)19-12-11-18(25-3)14-20(19)26-4/h5-12,14,16H,1,13,15H2,2-4H3,(H,22,24). The van der Waals surface area contributed by atoms with E-state index in [1.165, 1.54) is 0 Å². The predicted molar refractivity (Wildman–Crippen MR) is 104 cm³/mol. The molecule has 2 aromatic rings. The minimum atomic E-state index is -0.216. The second-order valence-electron chi connectivity index (χ2n) is 5.93. The van der Waals surface area contributed by atoms with Crippen molar-refractivity contribution in [2.24, 2.45) is 0 Å². The summed E-state index contributed by atoms with van der Waals surface area (Å²) in [4.78, 5) is 14.5. The molecule has 0 bridgehead atoms. The molecule has 2 amide bonds. The van der Waals surface area contributed by atoms with Gasteiger partial charge in [-0.1, -0.05) is 36.4 Å². The van der Waals surface area contributed by atoms with Crippen LogP contribution in [0.5, 0.6) is 11.5 Å². The van der Waals surface area contributed by atoms with Gasteiger partial charge in [0.15, 0.2) is 0 Å². The first-order valence-corrected chi connectivity index (χ1v) is 8.51. The minimum absolute atomic E-state index is 0.154. The van der Waals surface area contributed by atoms with E-state index in [0.717, 1.165) is 11.1 Å². The van der Waals surface area contributed by atoms with E-state index in [-0.39, 0.29) is 12.1 Å². The van der Waals surface area contributed by atoms with Crippen LogP contribution in [0.2, 0.25) is 0 Å². The number of amides is 2. The highest BCUT2D eigenvalue weighted by atomic mass is 16.5. The molecule has 0 aliphatic heterocycles. The van der Waals surface area contributed by atoms with Crippen molar-refractivity contribution >= 4 is 6.03 Å². The normalized spacial score (nSPS) is 11.3. The van der Waals surface area contributed by atoms with Gasteiger partial charge >= 0.3 is 6.03 Å². The average molecular weight is 354 g/mol. The molecule has 2 rings (SSSR count). The van der Waals surface area contributed by atoms with Crippen LogP contribution in [0.4, 0.5) is 4.79 Å². The molecule has 0 spiro atoms. The molecule has 0 aliphatic rings. The Bertz CT molecular complexity index is 731. The number of rotatable bonds is 8. The number of nitrogens with zero attached hydrogens (tertiary/aromatic N) is 1. The number of benzene rings is 2. The van der Waals surface area contributed by atoms with E-state index in [2.05, 4.69) is 11.9 Å². The summed E-state index contributed by atoms with van der Waals surface area (Å²) in [7, 11) is 3.21. The van der Waals surface area contributed by atoms with Gasteiger partial charge in [-0.2, -0.15) is 0 Å². The molecule has 2 aromatic carbocycles. The zero-order chi connectivity index (χ0) is 18.9. The summed E-state index contributed by atoms with van der Waals surface area (Å²) in [5.74, 6) is 1.39. The number of nitrogens with one attached hydrogen (secondary N) is 1. The van der Waals surface area contributed by atoms with Crippen LogP contribution in [0, 0.1) is 0 Å². The average Bonchev–Trinajstić information content (AvgIpc) is 2.67. The highest BCUT2D eigenvalue weighted by Crippen LogP contribution is 2.29. The van der Waals surface area contributed by atoms with Crippen LogP contribution < -0.4 is 14.8 Å². The van der Waals surface area contributed by atoms with Gasteiger partial charge in [-0.05, 0) is 24.6 Å². The molecule has 0 saturated carbocycles. The largest absolute Gasteiger partial charge is 0.497 e.